The monoisotopic (exact) mass is 316 g/mol. The molecule has 0 unspecified atom stereocenters. The molecule has 3 heterocycles. The molecule has 2 aromatic rings. The number of piperidine rings is 1. The van der Waals surface area contributed by atoms with Gasteiger partial charge in [0.1, 0.15) is 0 Å². The average molecular weight is 317 g/mol. The van der Waals surface area contributed by atoms with Gasteiger partial charge in [-0.2, -0.15) is 5.10 Å². The first-order valence-electron chi connectivity index (χ1n) is 8.10. The Morgan fingerprint density at radius 1 is 1.05 bits per heavy atom. The van der Waals surface area contributed by atoms with E-state index in [0.717, 1.165) is 48.9 Å². The smallest absolute Gasteiger partial charge is 0.0971 e. The number of halogens is 1. The minimum atomic E-state index is 0.536. The highest BCUT2D eigenvalue weighted by atomic mass is 35.5. The second-order valence-corrected chi connectivity index (χ2v) is 6.57. The summed E-state index contributed by atoms with van der Waals surface area (Å²) in [5.41, 5.74) is 5.08. The fourth-order valence-electron chi connectivity index (χ4n) is 3.57. The Morgan fingerprint density at radius 2 is 1.82 bits per heavy atom. The molecule has 1 saturated heterocycles. The van der Waals surface area contributed by atoms with Gasteiger partial charge in [-0.1, -0.05) is 23.7 Å². The first-order chi connectivity index (χ1) is 10.8. The second-order valence-electron chi connectivity index (χ2n) is 6.13. The topological polar surface area (TPSA) is 41.9 Å². The van der Waals surface area contributed by atoms with Crippen molar-refractivity contribution in [3.8, 4) is 11.3 Å². The molecule has 5 heteroatoms. The van der Waals surface area contributed by atoms with Crippen molar-refractivity contribution < 1.29 is 0 Å². The van der Waals surface area contributed by atoms with Crippen LogP contribution in [0, 0.1) is 0 Å². The van der Waals surface area contributed by atoms with E-state index in [-0.39, 0.29) is 0 Å². The van der Waals surface area contributed by atoms with Crippen molar-refractivity contribution in [2.45, 2.75) is 31.8 Å². The summed E-state index contributed by atoms with van der Waals surface area (Å²) in [6.07, 6.45) is 3.41. The summed E-state index contributed by atoms with van der Waals surface area (Å²) >= 11 is 6.02. The summed E-state index contributed by atoms with van der Waals surface area (Å²) in [6, 6.07) is 8.58. The van der Waals surface area contributed by atoms with E-state index >= 15 is 0 Å². The second kappa shape index (κ2) is 6.03. The van der Waals surface area contributed by atoms with Gasteiger partial charge in [-0.3, -0.25) is 4.68 Å². The molecular weight excluding hydrogens is 296 g/mol. The lowest BCUT2D eigenvalue weighted by molar-refractivity contribution is 0.333. The summed E-state index contributed by atoms with van der Waals surface area (Å²) in [7, 11) is 0. The largest absolute Gasteiger partial charge is 0.317 e. The predicted octanol–water partition coefficient (Wildman–Crippen LogP) is 2.77. The highest BCUT2D eigenvalue weighted by molar-refractivity contribution is 6.30. The maximum atomic E-state index is 6.02. The third-order valence-electron chi connectivity index (χ3n) is 4.73. The first kappa shape index (κ1) is 14.2. The normalized spacial score (nSPS) is 19.1. The molecule has 116 valence electrons. The number of nitrogens with zero attached hydrogens (tertiary/aromatic N) is 2. The van der Waals surface area contributed by atoms with E-state index < -0.39 is 0 Å². The molecule has 0 atom stereocenters. The number of benzene rings is 1. The van der Waals surface area contributed by atoms with E-state index in [1.165, 1.54) is 24.1 Å². The third-order valence-corrected chi connectivity index (χ3v) is 4.98. The SMILES string of the molecule is Clc1ccc(-c2nn(C3CCNCC3)c3c2CNCC3)cc1. The summed E-state index contributed by atoms with van der Waals surface area (Å²) < 4.78 is 2.32. The van der Waals surface area contributed by atoms with Crippen LogP contribution in [0.15, 0.2) is 24.3 Å². The van der Waals surface area contributed by atoms with Crippen molar-refractivity contribution in [3.63, 3.8) is 0 Å². The molecular formula is C17H21ClN4. The van der Waals surface area contributed by atoms with E-state index in [2.05, 4.69) is 27.4 Å². The van der Waals surface area contributed by atoms with Gasteiger partial charge in [-0.05, 0) is 38.1 Å². The van der Waals surface area contributed by atoms with Gasteiger partial charge < -0.3 is 10.6 Å². The quantitative estimate of drug-likeness (QED) is 0.895. The third kappa shape index (κ3) is 2.56. The molecule has 2 N–H and O–H groups in total. The van der Waals surface area contributed by atoms with Crippen molar-refractivity contribution in [2.75, 3.05) is 19.6 Å². The van der Waals surface area contributed by atoms with Crippen molar-refractivity contribution in [1.29, 1.82) is 0 Å². The van der Waals surface area contributed by atoms with Gasteiger partial charge in [0.2, 0.25) is 0 Å². The average Bonchev–Trinajstić information content (AvgIpc) is 2.96. The molecule has 0 amide bonds. The summed E-state index contributed by atoms with van der Waals surface area (Å²) in [5, 5.41) is 12.7. The van der Waals surface area contributed by atoms with Crippen molar-refractivity contribution in [2.24, 2.45) is 0 Å². The maximum absolute atomic E-state index is 6.02. The van der Waals surface area contributed by atoms with E-state index in [1.807, 2.05) is 12.1 Å². The highest BCUT2D eigenvalue weighted by Crippen LogP contribution is 2.32. The molecule has 4 nitrogen and oxygen atoms in total. The van der Waals surface area contributed by atoms with E-state index in [9.17, 15) is 0 Å². The Bertz CT molecular complexity index is 656. The molecule has 1 aromatic carbocycles. The highest BCUT2D eigenvalue weighted by Gasteiger charge is 2.26. The van der Waals surface area contributed by atoms with Crippen LogP contribution in [0.1, 0.15) is 30.1 Å². The zero-order valence-corrected chi connectivity index (χ0v) is 13.4. The molecule has 1 aromatic heterocycles. The van der Waals surface area contributed by atoms with Gasteiger partial charge in [0.25, 0.3) is 0 Å². The van der Waals surface area contributed by atoms with Crippen LogP contribution in [0.3, 0.4) is 0 Å². The summed E-state index contributed by atoms with van der Waals surface area (Å²) in [5.74, 6) is 0. The summed E-state index contributed by atoms with van der Waals surface area (Å²) in [4.78, 5) is 0. The standard InChI is InChI=1S/C17H21ClN4/c18-13-3-1-12(2-4-13)17-15-11-20-10-7-16(15)22(21-17)14-5-8-19-9-6-14/h1-4,14,19-20H,5-11H2. The minimum Gasteiger partial charge on any atom is -0.317 e. The molecule has 0 bridgehead atoms. The molecule has 22 heavy (non-hydrogen) atoms. The fourth-order valence-corrected chi connectivity index (χ4v) is 3.69. The number of aromatic nitrogens is 2. The molecule has 0 aliphatic carbocycles. The molecule has 0 saturated carbocycles. The van der Waals surface area contributed by atoms with Crippen LogP contribution >= 0.6 is 11.6 Å². The Kier molecular flexibility index (Phi) is 3.90. The van der Waals surface area contributed by atoms with Gasteiger partial charge in [0.05, 0.1) is 11.7 Å². The number of fused-ring (bicyclic) bond motifs is 1. The zero-order valence-electron chi connectivity index (χ0n) is 12.6. The van der Waals surface area contributed by atoms with E-state index in [0.29, 0.717) is 6.04 Å². The maximum Gasteiger partial charge on any atom is 0.0971 e. The molecule has 2 aliphatic rings. The number of hydrogen-bond donors (Lipinski definition) is 2. The van der Waals surface area contributed by atoms with E-state index in [4.69, 9.17) is 16.7 Å². The van der Waals surface area contributed by atoms with Crippen LogP contribution in [-0.2, 0) is 13.0 Å². The molecule has 1 fully saturated rings. The van der Waals surface area contributed by atoms with Crippen LogP contribution in [0.25, 0.3) is 11.3 Å². The summed E-state index contributed by atoms with van der Waals surface area (Å²) in [6.45, 7) is 4.14. The Balaban J connectivity index is 1.78. The van der Waals surface area contributed by atoms with Crippen LogP contribution < -0.4 is 10.6 Å². The number of hydrogen-bond acceptors (Lipinski definition) is 3. The molecule has 0 spiro atoms. The van der Waals surface area contributed by atoms with Gasteiger partial charge >= 0.3 is 0 Å². The Morgan fingerprint density at radius 3 is 2.59 bits per heavy atom. The lowest BCUT2D eigenvalue weighted by Crippen LogP contribution is -2.32. The van der Waals surface area contributed by atoms with Gasteiger partial charge in [0.15, 0.2) is 0 Å². The van der Waals surface area contributed by atoms with Crippen LogP contribution in [0.2, 0.25) is 5.02 Å². The zero-order chi connectivity index (χ0) is 14.9. The lowest BCUT2D eigenvalue weighted by Gasteiger charge is -2.26. The Hall–Kier alpha value is -1.36. The first-order valence-corrected chi connectivity index (χ1v) is 8.48. The van der Waals surface area contributed by atoms with Gasteiger partial charge in [-0.15, -0.1) is 0 Å². The fraction of sp³-hybridized carbons (Fsp3) is 0.471. The van der Waals surface area contributed by atoms with Crippen molar-refractivity contribution in [3.05, 3.63) is 40.5 Å². The van der Waals surface area contributed by atoms with Gasteiger partial charge in [0, 0.05) is 41.4 Å². The van der Waals surface area contributed by atoms with E-state index in [1.54, 1.807) is 0 Å². The van der Waals surface area contributed by atoms with Crippen LogP contribution in [-0.4, -0.2) is 29.4 Å². The number of rotatable bonds is 2. The van der Waals surface area contributed by atoms with Crippen molar-refractivity contribution >= 4 is 11.6 Å². The Labute approximate surface area is 135 Å². The molecule has 2 aliphatic heterocycles. The predicted molar refractivity (Wildman–Crippen MR) is 89.2 cm³/mol. The molecule has 0 radical (unpaired) electrons. The number of nitrogens with one attached hydrogen (secondary N) is 2. The van der Waals surface area contributed by atoms with Crippen molar-refractivity contribution in [1.82, 2.24) is 20.4 Å². The minimum absolute atomic E-state index is 0.536. The van der Waals surface area contributed by atoms with Gasteiger partial charge in [-0.25, -0.2) is 0 Å². The van der Waals surface area contributed by atoms with Crippen LogP contribution in [0.5, 0.6) is 0 Å². The lowest BCUT2D eigenvalue weighted by atomic mass is 10.0. The molecule has 4 rings (SSSR count). The van der Waals surface area contributed by atoms with Crippen LogP contribution in [0.4, 0.5) is 0 Å².